The molecule has 152 valence electrons. The SMILES string of the molecule is [B]Cc1cc2nc(C(F)(F)F)c(C)cc2n1S(=O)(=O)c1cccc(C(C)(C)C)c1. The molecule has 29 heavy (non-hydrogen) atoms. The predicted octanol–water partition coefficient (Wildman–Crippen LogP) is 4.57. The highest BCUT2D eigenvalue weighted by Crippen LogP contribution is 2.34. The molecule has 0 atom stereocenters. The van der Waals surface area contributed by atoms with Crippen molar-refractivity contribution in [2.75, 3.05) is 0 Å². The Kier molecular flexibility index (Phi) is 5.10. The fourth-order valence-electron chi connectivity index (χ4n) is 3.19. The molecular formula is C20H20BF3N2O2S. The van der Waals surface area contributed by atoms with E-state index in [1.54, 1.807) is 12.1 Å². The summed E-state index contributed by atoms with van der Waals surface area (Å²) in [7, 11) is 1.62. The van der Waals surface area contributed by atoms with Crippen molar-refractivity contribution in [3.63, 3.8) is 0 Å². The number of aryl methyl sites for hydroxylation is 1. The number of hydrogen-bond acceptors (Lipinski definition) is 3. The largest absolute Gasteiger partial charge is 0.433 e. The van der Waals surface area contributed by atoms with Gasteiger partial charge in [-0.1, -0.05) is 32.9 Å². The molecule has 3 rings (SSSR count). The van der Waals surface area contributed by atoms with Crippen LogP contribution in [0.3, 0.4) is 0 Å². The molecular weight excluding hydrogens is 400 g/mol. The summed E-state index contributed by atoms with van der Waals surface area (Å²) < 4.78 is 67.5. The van der Waals surface area contributed by atoms with Crippen molar-refractivity contribution in [3.05, 3.63) is 58.9 Å². The summed E-state index contributed by atoms with van der Waals surface area (Å²) in [6.07, 6.45) is -4.81. The standard InChI is InChI=1S/C20H20BF3N2O2S/c1-12-8-17-16(25-18(12)20(22,23)24)10-14(11-21)26(17)29(27,28)15-7-5-6-13(9-15)19(2,3)4/h5-10H,11H2,1-4H3. The summed E-state index contributed by atoms with van der Waals surface area (Å²) in [5, 5.41) is 0. The van der Waals surface area contributed by atoms with Crippen LogP contribution in [0, 0.1) is 6.92 Å². The first-order valence-corrected chi connectivity index (χ1v) is 10.4. The molecule has 2 radical (unpaired) electrons. The summed E-state index contributed by atoms with van der Waals surface area (Å²) in [4.78, 5) is 3.71. The van der Waals surface area contributed by atoms with Crippen LogP contribution in [0.4, 0.5) is 13.2 Å². The highest BCUT2D eigenvalue weighted by atomic mass is 32.2. The monoisotopic (exact) mass is 420 g/mol. The normalized spacial score (nSPS) is 13.2. The minimum Gasteiger partial charge on any atom is -0.241 e. The molecule has 0 aliphatic carbocycles. The smallest absolute Gasteiger partial charge is 0.241 e. The minimum absolute atomic E-state index is 0.0367. The van der Waals surface area contributed by atoms with E-state index >= 15 is 0 Å². The number of pyridine rings is 1. The van der Waals surface area contributed by atoms with Gasteiger partial charge in [-0.15, -0.1) is 0 Å². The van der Waals surface area contributed by atoms with Crippen LogP contribution in [-0.4, -0.2) is 25.2 Å². The highest BCUT2D eigenvalue weighted by molar-refractivity contribution is 7.90. The molecule has 0 aliphatic heterocycles. The predicted molar refractivity (Wildman–Crippen MR) is 107 cm³/mol. The van der Waals surface area contributed by atoms with Gasteiger partial charge in [0.05, 0.1) is 23.8 Å². The maximum absolute atomic E-state index is 13.4. The Morgan fingerprint density at radius 2 is 1.76 bits per heavy atom. The summed E-state index contributed by atoms with van der Waals surface area (Å²) in [5.41, 5.74) is -0.508. The molecule has 1 aromatic carbocycles. The minimum atomic E-state index is -4.64. The van der Waals surface area contributed by atoms with Gasteiger partial charge in [0.1, 0.15) is 5.69 Å². The lowest BCUT2D eigenvalue weighted by molar-refractivity contribution is -0.141. The van der Waals surface area contributed by atoms with Crippen LogP contribution in [0.2, 0.25) is 0 Å². The third-order valence-corrected chi connectivity index (χ3v) is 6.48. The van der Waals surface area contributed by atoms with Gasteiger partial charge in [-0.25, -0.2) is 17.4 Å². The second kappa shape index (κ2) is 6.90. The second-order valence-electron chi connectivity index (χ2n) is 7.94. The molecule has 0 aliphatic rings. The van der Waals surface area contributed by atoms with Crippen molar-refractivity contribution in [2.24, 2.45) is 0 Å². The Hall–Kier alpha value is -2.29. The van der Waals surface area contributed by atoms with Gasteiger partial charge < -0.3 is 0 Å². The molecule has 4 nitrogen and oxygen atoms in total. The molecule has 9 heteroatoms. The van der Waals surface area contributed by atoms with Gasteiger partial charge in [-0.2, -0.15) is 13.2 Å². The first kappa shape index (κ1) is 21.4. The van der Waals surface area contributed by atoms with Crippen molar-refractivity contribution in [2.45, 2.75) is 50.5 Å². The quantitative estimate of drug-likeness (QED) is 0.584. The van der Waals surface area contributed by atoms with Crippen LogP contribution in [0.5, 0.6) is 0 Å². The van der Waals surface area contributed by atoms with Crippen LogP contribution < -0.4 is 0 Å². The Morgan fingerprint density at radius 3 is 2.31 bits per heavy atom. The van der Waals surface area contributed by atoms with E-state index < -0.39 is 21.9 Å². The fraction of sp³-hybridized carbons (Fsp3) is 0.350. The van der Waals surface area contributed by atoms with E-state index in [2.05, 4.69) is 4.98 Å². The number of nitrogens with zero attached hydrogens (tertiary/aromatic N) is 2. The van der Waals surface area contributed by atoms with Crippen LogP contribution >= 0.6 is 0 Å². The van der Waals surface area contributed by atoms with Crippen molar-refractivity contribution in [3.8, 4) is 0 Å². The molecule has 0 spiro atoms. The molecule has 0 fully saturated rings. The second-order valence-corrected chi connectivity index (χ2v) is 9.73. The maximum Gasteiger partial charge on any atom is 0.433 e. The number of aromatic nitrogens is 2. The molecule has 2 heterocycles. The van der Waals surface area contributed by atoms with E-state index in [9.17, 15) is 21.6 Å². The lowest BCUT2D eigenvalue weighted by Gasteiger charge is -2.20. The maximum atomic E-state index is 13.4. The van der Waals surface area contributed by atoms with Gasteiger partial charge in [-0.05, 0) is 54.1 Å². The van der Waals surface area contributed by atoms with Gasteiger partial charge in [0.15, 0.2) is 0 Å². The fourth-order valence-corrected chi connectivity index (χ4v) is 4.77. The Labute approximate surface area is 169 Å². The molecule has 0 unspecified atom stereocenters. The van der Waals surface area contributed by atoms with Crippen LogP contribution in [0.15, 0.2) is 41.3 Å². The highest BCUT2D eigenvalue weighted by Gasteiger charge is 2.35. The molecule has 0 saturated heterocycles. The van der Waals surface area contributed by atoms with E-state index in [1.165, 1.54) is 25.1 Å². The first-order chi connectivity index (χ1) is 13.3. The van der Waals surface area contributed by atoms with Crippen molar-refractivity contribution in [1.82, 2.24) is 8.96 Å². The average Bonchev–Trinajstić information content (AvgIpc) is 2.97. The van der Waals surface area contributed by atoms with E-state index in [1.807, 2.05) is 26.8 Å². The number of benzene rings is 1. The first-order valence-electron chi connectivity index (χ1n) is 8.92. The summed E-state index contributed by atoms with van der Waals surface area (Å²) in [6, 6.07) is 8.99. The number of hydrogen-bond donors (Lipinski definition) is 0. The zero-order valence-electron chi connectivity index (χ0n) is 16.5. The van der Waals surface area contributed by atoms with Gasteiger partial charge in [0, 0.05) is 5.69 Å². The number of alkyl halides is 3. The number of fused-ring (bicyclic) bond motifs is 1. The zero-order valence-corrected chi connectivity index (χ0v) is 17.3. The third kappa shape index (κ3) is 3.80. The third-order valence-electron chi connectivity index (χ3n) is 4.72. The van der Waals surface area contributed by atoms with E-state index in [4.69, 9.17) is 7.85 Å². The van der Waals surface area contributed by atoms with Gasteiger partial charge in [-0.3, -0.25) is 0 Å². The van der Waals surface area contributed by atoms with Crippen LogP contribution in [-0.2, 0) is 27.9 Å². The lowest BCUT2D eigenvalue weighted by Crippen LogP contribution is -2.18. The van der Waals surface area contributed by atoms with E-state index in [0.29, 0.717) is 0 Å². The Balaban J connectivity index is 2.30. The lowest BCUT2D eigenvalue weighted by atomic mass is 9.87. The topological polar surface area (TPSA) is 52.0 Å². The van der Waals surface area contributed by atoms with Crippen molar-refractivity contribution < 1.29 is 21.6 Å². The van der Waals surface area contributed by atoms with Crippen LogP contribution in [0.1, 0.15) is 43.3 Å². The van der Waals surface area contributed by atoms with Gasteiger partial charge in [0.2, 0.25) is 0 Å². The number of rotatable bonds is 3. The Bertz CT molecular complexity index is 1190. The van der Waals surface area contributed by atoms with Crippen molar-refractivity contribution >= 4 is 28.9 Å². The molecule has 3 aromatic rings. The molecule has 0 amide bonds. The van der Waals surface area contributed by atoms with E-state index in [-0.39, 0.29) is 38.9 Å². The summed E-state index contributed by atoms with van der Waals surface area (Å²) >= 11 is 0. The molecule has 2 aromatic heterocycles. The molecule has 0 bridgehead atoms. The van der Waals surface area contributed by atoms with Crippen molar-refractivity contribution in [1.29, 1.82) is 0 Å². The summed E-state index contributed by atoms with van der Waals surface area (Å²) in [5.74, 6) is 0. The molecule has 0 N–H and O–H groups in total. The van der Waals surface area contributed by atoms with E-state index in [0.717, 1.165) is 9.54 Å². The zero-order chi connectivity index (χ0) is 21.8. The summed E-state index contributed by atoms with van der Waals surface area (Å²) in [6.45, 7) is 7.13. The average molecular weight is 420 g/mol. The van der Waals surface area contributed by atoms with Gasteiger partial charge >= 0.3 is 6.18 Å². The Morgan fingerprint density at radius 1 is 1.10 bits per heavy atom. The number of halogens is 3. The molecule has 0 saturated carbocycles. The van der Waals surface area contributed by atoms with Gasteiger partial charge in [0.25, 0.3) is 10.0 Å². The van der Waals surface area contributed by atoms with Crippen LogP contribution in [0.25, 0.3) is 11.0 Å².